The Bertz CT molecular complexity index is 621. The minimum atomic E-state index is -0.533. The molecule has 5 nitrogen and oxygen atoms in total. The summed E-state index contributed by atoms with van der Waals surface area (Å²) < 4.78 is 15.4. The van der Waals surface area contributed by atoms with E-state index in [2.05, 4.69) is 10.4 Å². The molecule has 0 unspecified atom stereocenters. The quantitative estimate of drug-likeness (QED) is 0.882. The molecule has 0 fully saturated rings. The van der Waals surface area contributed by atoms with E-state index in [-0.39, 0.29) is 12.1 Å². The lowest BCUT2D eigenvalue weighted by molar-refractivity contribution is 0.102. The van der Waals surface area contributed by atoms with E-state index in [0.29, 0.717) is 16.9 Å². The van der Waals surface area contributed by atoms with Crippen molar-refractivity contribution in [2.45, 2.75) is 13.5 Å². The topological polar surface area (TPSA) is 72.9 Å². The summed E-state index contributed by atoms with van der Waals surface area (Å²) >= 11 is 0. The molecule has 0 spiro atoms. The smallest absolute Gasteiger partial charge is 0.259 e. The molecule has 0 bridgehead atoms. The highest BCUT2D eigenvalue weighted by Gasteiger charge is 2.16. The molecule has 1 aromatic heterocycles. The van der Waals surface area contributed by atoms with Gasteiger partial charge in [-0.15, -0.1) is 0 Å². The zero-order valence-corrected chi connectivity index (χ0v) is 10.8. The third-order valence-electron chi connectivity index (χ3n) is 2.79. The number of aromatic nitrogens is 2. The molecule has 2 aromatic rings. The van der Waals surface area contributed by atoms with Gasteiger partial charge in [-0.1, -0.05) is 12.1 Å². The molecule has 1 amide bonds. The first-order valence-electron chi connectivity index (χ1n) is 5.82. The van der Waals surface area contributed by atoms with Crippen LogP contribution in [0.2, 0.25) is 0 Å². The summed E-state index contributed by atoms with van der Waals surface area (Å²) in [7, 11) is 1.72. The van der Waals surface area contributed by atoms with Crippen LogP contribution in [0.15, 0.2) is 24.4 Å². The fraction of sp³-hybridized carbons (Fsp3) is 0.231. The summed E-state index contributed by atoms with van der Waals surface area (Å²) in [6.07, 6.45) is 1.71. The van der Waals surface area contributed by atoms with Crippen molar-refractivity contribution in [3.63, 3.8) is 0 Å². The maximum Gasteiger partial charge on any atom is 0.259 e. The summed E-state index contributed by atoms with van der Waals surface area (Å²) in [5, 5.41) is 6.66. The fourth-order valence-electron chi connectivity index (χ4n) is 1.79. The summed E-state index contributed by atoms with van der Waals surface area (Å²) in [6, 6.07) is 4.68. The van der Waals surface area contributed by atoms with Gasteiger partial charge in [-0.2, -0.15) is 5.10 Å². The second kappa shape index (κ2) is 5.19. The molecule has 19 heavy (non-hydrogen) atoms. The summed E-state index contributed by atoms with van der Waals surface area (Å²) in [5.41, 5.74) is 6.67. The molecule has 1 aromatic carbocycles. The number of benzene rings is 1. The van der Waals surface area contributed by atoms with Gasteiger partial charge in [0.25, 0.3) is 5.91 Å². The lowest BCUT2D eigenvalue weighted by atomic mass is 10.1. The number of nitrogens with two attached hydrogens (primary N) is 1. The number of rotatable bonds is 3. The normalized spacial score (nSPS) is 10.5. The molecule has 6 heteroatoms. The molecule has 0 atom stereocenters. The van der Waals surface area contributed by atoms with Crippen molar-refractivity contribution >= 4 is 11.7 Å². The maximum atomic E-state index is 13.8. The Balaban J connectivity index is 2.28. The Hall–Kier alpha value is -2.21. The first-order chi connectivity index (χ1) is 9.02. The first-order valence-corrected chi connectivity index (χ1v) is 5.82. The lowest BCUT2D eigenvalue weighted by Gasteiger charge is -2.06. The van der Waals surface area contributed by atoms with Crippen LogP contribution in [-0.4, -0.2) is 15.7 Å². The Morgan fingerprint density at radius 1 is 1.53 bits per heavy atom. The van der Waals surface area contributed by atoms with Crippen molar-refractivity contribution in [3.05, 3.63) is 46.9 Å². The molecule has 0 radical (unpaired) electrons. The van der Waals surface area contributed by atoms with Gasteiger partial charge in [0.15, 0.2) is 5.82 Å². The summed E-state index contributed by atoms with van der Waals surface area (Å²) in [6.45, 7) is 1.86. The molecule has 0 saturated carbocycles. The number of hydrogen-bond acceptors (Lipinski definition) is 3. The van der Waals surface area contributed by atoms with Gasteiger partial charge in [0.05, 0.1) is 5.56 Å². The lowest BCUT2D eigenvalue weighted by Crippen LogP contribution is -2.16. The third-order valence-corrected chi connectivity index (χ3v) is 2.79. The Morgan fingerprint density at radius 3 is 2.95 bits per heavy atom. The number of aryl methyl sites for hydroxylation is 2. The van der Waals surface area contributed by atoms with Gasteiger partial charge in [0, 0.05) is 25.4 Å². The standard InChI is InChI=1S/C13H15FN4O/c1-8-4-3-5-10(11(8)14)13(19)16-12-9(6-15)7-18(2)17-12/h3-5,7H,6,15H2,1-2H3,(H,16,17,19). The molecule has 100 valence electrons. The van der Waals surface area contributed by atoms with E-state index in [1.54, 1.807) is 37.0 Å². The first kappa shape index (κ1) is 13.2. The minimum absolute atomic E-state index is 0.00590. The maximum absolute atomic E-state index is 13.8. The molecule has 1 heterocycles. The average molecular weight is 262 g/mol. The van der Waals surface area contributed by atoms with Crippen LogP contribution in [0.25, 0.3) is 0 Å². The van der Waals surface area contributed by atoms with Crippen molar-refractivity contribution in [1.29, 1.82) is 0 Å². The Kier molecular flexibility index (Phi) is 3.62. The third kappa shape index (κ3) is 2.63. The second-order valence-electron chi connectivity index (χ2n) is 4.27. The second-order valence-corrected chi connectivity index (χ2v) is 4.27. The summed E-state index contributed by atoms with van der Waals surface area (Å²) in [4.78, 5) is 12.0. The average Bonchev–Trinajstić information content (AvgIpc) is 2.72. The van der Waals surface area contributed by atoms with Crippen LogP contribution >= 0.6 is 0 Å². The van der Waals surface area contributed by atoms with Crippen molar-refractivity contribution in [3.8, 4) is 0 Å². The highest BCUT2D eigenvalue weighted by Crippen LogP contribution is 2.16. The fourth-order valence-corrected chi connectivity index (χ4v) is 1.79. The van der Waals surface area contributed by atoms with Crippen LogP contribution in [-0.2, 0) is 13.6 Å². The van der Waals surface area contributed by atoms with Crippen LogP contribution in [0.3, 0.4) is 0 Å². The number of anilines is 1. The van der Waals surface area contributed by atoms with Crippen LogP contribution in [0.4, 0.5) is 10.2 Å². The molecule has 0 aliphatic heterocycles. The van der Waals surface area contributed by atoms with Gasteiger partial charge in [0.2, 0.25) is 0 Å². The van der Waals surface area contributed by atoms with Crippen LogP contribution < -0.4 is 11.1 Å². The van der Waals surface area contributed by atoms with E-state index >= 15 is 0 Å². The van der Waals surface area contributed by atoms with E-state index in [0.717, 1.165) is 0 Å². The molecular weight excluding hydrogens is 247 g/mol. The number of carbonyl (C=O) groups is 1. The largest absolute Gasteiger partial charge is 0.326 e. The van der Waals surface area contributed by atoms with E-state index in [4.69, 9.17) is 5.73 Å². The SMILES string of the molecule is Cc1cccc(C(=O)Nc2nn(C)cc2CN)c1F. The summed E-state index contributed by atoms with van der Waals surface area (Å²) in [5.74, 6) is -0.698. The van der Waals surface area contributed by atoms with Crippen molar-refractivity contribution in [1.82, 2.24) is 9.78 Å². The van der Waals surface area contributed by atoms with Crippen molar-refractivity contribution in [2.24, 2.45) is 12.8 Å². The van der Waals surface area contributed by atoms with Crippen molar-refractivity contribution < 1.29 is 9.18 Å². The monoisotopic (exact) mass is 262 g/mol. The number of nitrogens with one attached hydrogen (secondary N) is 1. The van der Waals surface area contributed by atoms with Gasteiger partial charge in [-0.25, -0.2) is 4.39 Å². The molecule has 0 saturated heterocycles. The van der Waals surface area contributed by atoms with Gasteiger partial charge in [-0.3, -0.25) is 9.48 Å². The van der Waals surface area contributed by atoms with E-state index < -0.39 is 11.7 Å². The van der Waals surface area contributed by atoms with E-state index in [1.165, 1.54) is 6.07 Å². The molecule has 0 aliphatic rings. The van der Waals surface area contributed by atoms with Crippen molar-refractivity contribution in [2.75, 3.05) is 5.32 Å². The molecule has 2 rings (SSSR count). The van der Waals surface area contributed by atoms with Crippen LogP contribution in [0.1, 0.15) is 21.5 Å². The highest BCUT2D eigenvalue weighted by atomic mass is 19.1. The van der Waals surface area contributed by atoms with Gasteiger partial charge in [0.1, 0.15) is 5.82 Å². The molecular formula is C13H15FN4O. The Labute approximate surface area is 110 Å². The number of carbonyl (C=O) groups excluding carboxylic acids is 1. The predicted octanol–water partition coefficient (Wildman–Crippen LogP) is 1.58. The van der Waals surface area contributed by atoms with Gasteiger partial charge < -0.3 is 11.1 Å². The van der Waals surface area contributed by atoms with Gasteiger partial charge >= 0.3 is 0 Å². The molecule has 3 N–H and O–H groups in total. The number of amides is 1. The highest BCUT2D eigenvalue weighted by molar-refractivity contribution is 6.04. The Morgan fingerprint density at radius 2 is 2.26 bits per heavy atom. The van der Waals surface area contributed by atoms with E-state index in [9.17, 15) is 9.18 Å². The van der Waals surface area contributed by atoms with Crippen LogP contribution in [0.5, 0.6) is 0 Å². The zero-order valence-electron chi connectivity index (χ0n) is 10.8. The van der Waals surface area contributed by atoms with E-state index in [1.807, 2.05) is 0 Å². The van der Waals surface area contributed by atoms with Gasteiger partial charge in [-0.05, 0) is 18.6 Å². The minimum Gasteiger partial charge on any atom is -0.326 e. The number of nitrogens with zero attached hydrogens (tertiary/aromatic N) is 2. The number of halogens is 1. The number of hydrogen-bond donors (Lipinski definition) is 2. The molecule has 0 aliphatic carbocycles. The predicted molar refractivity (Wildman–Crippen MR) is 70.2 cm³/mol. The van der Waals surface area contributed by atoms with Crippen LogP contribution in [0, 0.1) is 12.7 Å². The zero-order chi connectivity index (χ0) is 14.0.